The fraction of sp³-hybridized carbons (Fsp3) is 0.333. The van der Waals surface area contributed by atoms with Crippen LogP contribution < -0.4 is 10.5 Å². The Labute approximate surface area is 86.6 Å². The first-order valence-electron chi connectivity index (χ1n) is 4.06. The van der Waals surface area contributed by atoms with Crippen molar-refractivity contribution in [3.63, 3.8) is 0 Å². The number of fused-ring (bicyclic) bond motifs is 1. The smallest absolute Gasteiger partial charge is 0.144 e. The van der Waals surface area contributed by atoms with Crippen LogP contribution in [0.5, 0.6) is 5.75 Å². The highest BCUT2D eigenvalue weighted by Gasteiger charge is 2.21. The van der Waals surface area contributed by atoms with Gasteiger partial charge < -0.3 is 10.5 Å². The second-order valence-electron chi connectivity index (χ2n) is 3.02. The molecule has 2 nitrogen and oxygen atoms in total. The largest absolute Gasteiger partial charge is 0.492 e. The van der Waals surface area contributed by atoms with Crippen molar-refractivity contribution in [1.82, 2.24) is 0 Å². The van der Waals surface area contributed by atoms with Crippen LogP contribution in [-0.4, -0.2) is 6.61 Å². The van der Waals surface area contributed by atoms with Crippen molar-refractivity contribution >= 4 is 23.2 Å². The zero-order valence-electron chi connectivity index (χ0n) is 6.89. The van der Waals surface area contributed by atoms with Gasteiger partial charge in [-0.2, -0.15) is 0 Å². The van der Waals surface area contributed by atoms with Crippen LogP contribution in [0.3, 0.4) is 0 Å². The molecule has 0 fully saturated rings. The van der Waals surface area contributed by atoms with E-state index in [-0.39, 0.29) is 6.04 Å². The van der Waals surface area contributed by atoms with Crippen molar-refractivity contribution in [3.8, 4) is 5.75 Å². The quantitative estimate of drug-likeness (QED) is 0.726. The van der Waals surface area contributed by atoms with Crippen LogP contribution in [-0.2, 0) is 0 Å². The van der Waals surface area contributed by atoms with Crippen molar-refractivity contribution in [2.24, 2.45) is 5.73 Å². The van der Waals surface area contributed by atoms with Crippen LogP contribution in [0.2, 0.25) is 10.0 Å². The number of rotatable bonds is 0. The lowest BCUT2D eigenvalue weighted by Gasteiger charge is -2.23. The molecular weight excluding hydrogens is 209 g/mol. The van der Waals surface area contributed by atoms with Crippen molar-refractivity contribution < 1.29 is 4.74 Å². The average Bonchev–Trinajstić information content (AvgIpc) is 2.12. The summed E-state index contributed by atoms with van der Waals surface area (Å²) in [5.74, 6) is 0.646. The maximum absolute atomic E-state index is 5.96. The highest BCUT2D eigenvalue weighted by atomic mass is 35.5. The number of ether oxygens (including phenoxy) is 1. The Bertz CT molecular complexity index is 341. The third-order valence-electron chi connectivity index (χ3n) is 2.16. The van der Waals surface area contributed by atoms with Gasteiger partial charge in [0.2, 0.25) is 0 Å². The zero-order chi connectivity index (χ0) is 9.42. The molecule has 2 rings (SSSR count). The maximum Gasteiger partial charge on any atom is 0.144 e. The summed E-state index contributed by atoms with van der Waals surface area (Å²) in [4.78, 5) is 0. The molecule has 0 aliphatic carbocycles. The van der Waals surface area contributed by atoms with Gasteiger partial charge in [-0.15, -0.1) is 0 Å². The summed E-state index contributed by atoms with van der Waals surface area (Å²) in [6, 6.07) is 3.63. The van der Waals surface area contributed by atoms with Gasteiger partial charge in [0.25, 0.3) is 0 Å². The van der Waals surface area contributed by atoms with Gasteiger partial charge >= 0.3 is 0 Å². The topological polar surface area (TPSA) is 35.2 Å². The fourth-order valence-electron chi connectivity index (χ4n) is 1.43. The Kier molecular flexibility index (Phi) is 2.37. The number of hydrogen-bond acceptors (Lipinski definition) is 2. The first kappa shape index (κ1) is 9.13. The third-order valence-corrected chi connectivity index (χ3v) is 2.94. The van der Waals surface area contributed by atoms with Crippen LogP contribution in [0.25, 0.3) is 0 Å². The summed E-state index contributed by atoms with van der Waals surface area (Å²) in [6.07, 6.45) is 0.824. The first-order valence-corrected chi connectivity index (χ1v) is 4.82. The van der Waals surface area contributed by atoms with E-state index in [1.54, 1.807) is 6.07 Å². The molecule has 70 valence electrons. The predicted molar refractivity (Wildman–Crippen MR) is 53.5 cm³/mol. The zero-order valence-corrected chi connectivity index (χ0v) is 8.40. The van der Waals surface area contributed by atoms with Gasteiger partial charge in [-0.05, 0) is 6.07 Å². The van der Waals surface area contributed by atoms with Gasteiger partial charge in [0.1, 0.15) is 10.8 Å². The summed E-state index contributed by atoms with van der Waals surface area (Å²) < 4.78 is 5.41. The summed E-state index contributed by atoms with van der Waals surface area (Å²) in [5.41, 5.74) is 6.83. The van der Waals surface area contributed by atoms with Crippen LogP contribution in [0, 0.1) is 0 Å². The molecule has 1 aliphatic heterocycles. The second-order valence-corrected chi connectivity index (χ2v) is 3.81. The van der Waals surface area contributed by atoms with Crippen LogP contribution >= 0.6 is 23.2 Å². The normalized spacial score (nSPS) is 20.7. The highest BCUT2D eigenvalue weighted by molar-refractivity contribution is 6.43. The van der Waals surface area contributed by atoms with E-state index in [0.29, 0.717) is 22.4 Å². The van der Waals surface area contributed by atoms with Crippen molar-refractivity contribution in [2.45, 2.75) is 12.5 Å². The molecule has 1 heterocycles. The Morgan fingerprint density at radius 1 is 1.38 bits per heavy atom. The summed E-state index contributed by atoms with van der Waals surface area (Å²) in [6.45, 7) is 0.605. The van der Waals surface area contributed by atoms with E-state index >= 15 is 0 Å². The predicted octanol–water partition coefficient (Wildman–Crippen LogP) is 2.78. The van der Waals surface area contributed by atoms with Crippen LogP contribution in [0.4, 0.5) is 0 Å². The minimum absolute atomic E-state index is 0.0125. The lowest BCUT2D eigenvalue weighted by molar-refractivity contribution is 0.269. The lowest BCUT2D eigenvalue weighted by Crippen LogP contribution is -2.20. The molecule has 0 radical (unpaired) electrons. The highest BCUT2D eigenvalue weighted by Crippen LogP contribution is 2.40. The molecule has 0 spiro atoms. The molecule has 4 heteroatoms. The molecule has 0 aromatic heterocycles. The summed E-state index contributed by atoms with van der Waals surface area (Å²) in [7, 11) is 0. The Morgan fingerprint density at radius 3 is 2.92 bits per heavy atom. The molecular formula is C9H9Cl2NO. The fourth-order valence-corrected chi connectivity index (χ4v) is 1.80. The molecule has 2 N–H and O–H groups in total. The van der Waals surface area contributed by atoms with E-state index in [2.05, 4.69) is 0 Å². The second kappa shape index (κ2) is 3.37. The van der Waals surface area contributed by atoms with Crippen molar-refractivity contribution in [1.29, 1.82) is 0 Å². The third kappa shape index (κ3) is 1.50. The molecule has 0 saturated carbocycles. The van der Waals surface area contributed by atoms with Crippen LogP contribution in [0.15, 0.2) is 12.1 Å². The van der Waals surface area contributed by atoms with E-state index in [1.807, 2.05) is 6.07 Å². The van der Waals surface area contributed by atoms with Gasteiger partial charge in [-0.3, -0.25) is 0 Å². The average molecular weight is 218 g/mol. The number of hydrogen-bond donors (Lipinski definition) is 1. The molecule has 1 aromatic carbocycles. The van der Waals surface area contributed by atoms with Gasteiger partial charge in [-0.1, -0.05) is 29.3 Å². The molecule has 0 saturated heterocycles. The van der Waals surface area contributed by atoms with Gasteiger partial charge in [0.05, 0.1) is 11.6 Å². The Morgan fingerprint density at radius 2 is 2.15 bits per heavy atom. The van der Waals surface area contributed by atoms with Crippen molar-refractivity contribution in [3.05, 3.63) is 27.7 Å². The number of halogens is 2. The Balaban J connectivity index is 2.56. The standard InChI is InChI=1S/C9H9Cl2NO/c10-6-2-1-5-7(12)3-4-13-9(5)8(6)11/h1-2,7H,3-4,12H2/t7-/m1/s1. The lowest BCUT2D eigenvalue weighted by atomic mass is 10.0. The first-order chi connectivity index (χ1) is 6.20. The molecule has 1 aromatic rings. The Hall–Kier alpha value is -0.440. The maximum atomic E-state index is 5.96. The summed E-state index contributed by atoms with van der Waals surface area (Å²) >= 11 is 11.8. The van der Waals surface area contributed by atoms with Gasteiger partial charge in [0, 0.05) is 18.0 Å². The minimum atomic E-state index is 0.0125. The molecule has 0 unspecified atom stereocenters. The van der Waals surface area contributed by atoms with Crippen LogP contribution in [0.1, 0.15) is 18.0 Å². The van der Waals surface area contributed by atoms with E-state index in [4.69, 9.17) is 33.7 Å². The van der Waals surface area contributed by atoms with Gasteiger partial charge in [0.15, 0.2) is 0 Å². The molecule has 1 atom stereocenters. The SMILES string of the molecule is N[C@@H]1CCOc2c1ccc(Cl)c2Cl. The van der Waals surface area contributed by atoms with Gasteiger partial charge in [-0.25, -0.2) is 0 Å². The molecule has 1 aliphatic rings. The minimum Gasteiger partial charge on any atom is -0.492 e. The van der Waals surface area contributed by atoms with E-state index in [9.17, 15) is 0 Å². The van der Waals surface area contributed by atoms with E-state index in [0.717, 1.165) is 12.0 Å². The van der Waals surface area contributed by atoms with E-state index in [1.165, 1.54) is 0 Å². The number of nitrogens with two attached hydrogens (primary N) is 1. The summed E-state index contributed by atoms with van der Waals surface area (Å²) in [5, 5.41) is 0.976. The number of benzene rings is 1. The molecule has 13 heavy (non-hydrogen) atoms. The van der Waals surface area contributed by atoms with E-state index < -0.39 is 0 Å². The molecule has 0 bridgehead atoms. The van der Waals surface area contributed by atoms with Crippen molar-refractivity contribution in [2.75, 3.05) is 6.61 Å². The molecule has 0 amide bonds. The monoisotopic (exact) mass is 217 g/mol.